The van der Waals surface area contributed by atoms with Crippen molar-refractivity contribution in [3.8, 4) is 11.5 Å². The number of amides is 3. The zero-order chi connectivity index (χ0) is 20.4. The Balaban J connectivity index is 1.32. The van der Waals surface area contributed by atoms with E-state index in [4.69, 9.17) is 9.47 Å². The molecule has 3 atom stereocenters. The highest BCUT2D eigenvalue weighted by Gasteiger charge is 2.47. The van der Waals surface area contributed by atoms with Crippen LogP contribution in [0, 0.1) is 11.8 Å². The minimum absolute atomic E-state index is 0.0940. The van der Waals surface area contributed by atoms with Crippen molar-refractivity contribution < 1.29 is 23.9 Å². The highest BCUT2D eigenvalue weighted by atomic mass is 16.5. The first-order chi connectivity index (χ1) is 14.0. The molecule has 0 spiro atoms. The third-order valence-corrected chi connectivity index (χ3v) is 6.14. The fraction of sp³-hybridized carbons (Fsp3) is 0.591. The van der Waals surface area contributed by atoms with E-state index in [1.807, 2.05) is 25.1 Å². The Bertz CT molecular complexity index is 784. The quantitative estimate of drug-likeness (QED) is 0.768. The van der Waals surface area contributed by atoms with Crippen molar-refractivity contribution in [2.45, 2.75) is 51.5 Å². The average molecular weight is 400 g/mol. The molecule has 7 heteroatoms. The number of imide groups is 1. The van der Waals surface area contributed by atoms with E-state index in [9.17, 15) is 14.4 Å². The van der Waals surface area contributed by atoms with Gasteiger partial charge in [0.1, 0.15) is 0 Å². The van der Waals surface area contributed by atoms with Gasteiger partial charge in [0.05, 0.1) is 31.1 Å². The van der Waals surface area contributed by atoms with Gasteiger partial charge < -0.3 is 14.8 Å². The zero-order valence-corrected chi connectivity index (χ0v) is 16.8. The average Bonchev–Trinajstić information content (AvgIpc) is 2.88. The molecule has 2 fully saturated rings. The fourth-order valence-corrected chi connectivity index (χ4v) is 4.51. The van der Waals surface area contributed by atoms with E-state index in [2.05, 4.69) is 5.32 Å². The summed E-state index contributed by atoms with van der Waals surface area (Å²) in [6.45, 7) is 3.30. The van der Waals surface area contributed by atoms with E-state index in [0.29, 0.717) is 19.0 Å². The molecule has 29 heavy (non-hydrogen) atoms. The monoisotopic (exact) mass is 400 g/mol. The Kier molecular flexibility index (Phi) is 5.74. The van der Waals surface area contributed by atoms with Gasteiger partial charge >= 0.3 is 0 Å². The molecule has 0 aromatic heterocycles. The van der Waals surface area contributed by atoms with E-state index >= 15 is 0 Å². The smallest absolute Gasteiger partial charge is 0.233 e. The number of ether oxygens (including phenoxy) is 2. The van der Waals surface area contributed by atoms with Crippen molar-refractivity contribution in [1.82, 2.24) is 10.2 Å². The van der Waals surface area contributed by atoms with Gasteiger partial charge in [-0.1, -0.05) is 18.9 Å². The van der Waals surface area contributed by atoms with E-state index in [-0.39, 0.29) is 48.6 Å². The maximum absolute atomic E-state index is 12.5. The Hall–Kier alpha value is -2.57. The summed E-state index contributed by atoms with van der Waals surface area (Å²) in [6, 6.07) is 5.45. The lowest BCUT2D eigenvalue weighted by atomic mass is 9.81. The number of likely N-dealkylation sites (tertiary alicyclic amines) is 1. The molecule has 0 radical (unpaired) electrons. The van der Waals surface area contributed by atoms with Crippen molar-refractivity contribution in [3.63, 3.8) is 0 Å². The standard InChI is InChI=1S/C22H28N2O5/c1-14(15-7-8-18-19(13-15)29-12-4-11-28-18)23-20(25)9-10-24-21(26)16-5-2-3-6-17(16)22(24)27/h7-8,13-14,16-17H,2-6,9-12H2,1H3,(H,23,25)/t14-,16+,17+/m0/s1. The number of carbonyl (C=O) groups excluding carboxylic acids is 3. The van der Waals surface area contributed by atoms with Crippen LogP contribution in [0.4, 0.5) is 0 Å². The SMILES string of the molecule is C[C@H](NC(=O)CCN1C(=O)[C@@H]2CCCC[C@H]2C1=O)c1ccc2c(c1)OCCCO2. The summed E-state index contributed by atoms with van der Waals surface area (Å²) in [7, 11) is 0. The predicted molar refractivity (Wildman–Crippen MR) is 105 cm³/mol. The van der Waals surface area contributed by atoms with Crippen LogP contribution in [-0.2, 0) is 14.4 Å². The maximum Gasteiger partial charge on any atom is 0.233 e. The first-order valence-corrected chi connectivity index (χ1v) is 10.6. The first kappa shape index (κ1) is 19.7. The fourth-order valence-electron chi connectivity index (χ4n) is 4.51. The summed E-state index contributed by atoms with van der Waals surface area (Å²) in [6.07, 6.45) is 4.54. The lowest BCUT2D eigenvalue weighted by Crippen LogP contribution is -2.36. The van der Waals surface area contributed by atoms with Crippen molar-refractivity contribution in [1.29, 1.82) is 0 Å². The van der Waals surface area contributed by atoms with Gasteiger partial charge in [0.2, 0.25) is 17.7 Å². The predicted octanol–water partition coefficient (Wildman–Crippen LogP) is 2.59. The van der Waals surface area contributed by atoms with Crippen molar-refractivity contribution in [2.75, 3.05) is 19.8 Å². The van der Waals surface area contributed by atoms with Crippen LogP contribution in [0.1, 0.15) is 57.1 Å². The summed E-state index contributed by atoms with van der Waals surface area (Å²) >= 11 is 0. The van der Waals surface area contributed by atoms with Gasteiger partial charge in [-0.05, 0) is 37.5 Å². The van der Waals surface area contributed by atoms with Crippen LogP contribution in [0.15, 0.2) is 18.2 Å². The maximum atomic E-state index is 12.5. The summed E-state index contributed by atoms with van der Waals surface area (Å²) in [5.74, 6) is 0.710. The Morgan fingerprint density at radius 1 is 1.07 bits per heavy atom. The number of hydrogen-bond donors (Lipinski definition) is 1. The summed E-state index contributed by atoms with van der Waals surface area (Å²) in [5.41, 5.74) is 0.918. The molecule has 156 valence electrons. The normalized spacial score (nSPS) is 24.7. The molecule has 2 aliphatic heterocycles. The van der Waals surface area contributed by atoms with Crippen LogP contribution in [0.2, 0.25) is 0 Å². The molecule has 4 rings (SSSR count). The highest BCUT2D eigenvalue weighted by Crippen LogP contribution is 2.38. The Labute approximate surface area is 170 Å². The number of rotatable bonds is 5. The van der Waals surface area contributed by atoms with Gasteiger partial charge in [0, 0.05) is 19.4 Å². The van der Waals surface area contributed by atoms with Gasteiger partial charge in [0.25, 0.3) is 0 Å². The molecule has 0 unspecified atom stereocenters. The second-order valence-corrected chi connectivity index (χ2v) is 8.12. The Morgan fingerprint density at radius 3 is 2.41 bits per heavy atom. The van der Waals surface area contributed by atoms with Gasteiger partial charge in [-0.2, -0.15) is 0 Å². The number of nitrogens with zero attached hydrogens (tertiary/aromatic N) is 1. The molecule has 1 saturated carbocycles. The van der Waals surface area contributed by atoms with E-state index < -0.39 is 0 Å². The minimum atomic E-state index is -0.216. The number of hydrogen-bond acceptors (Lipinski definition) is 5. The van der Waals surface area contributed by atoms with Crippen LogP contribution < -0.4 is 14.8 Å². The van der Waals surface area contributed by atoms with Crippen LogP contribution in [0.5, 0.6) is 11.5 Å². The van der Waals surface area contributed by atoms with E-state index in [1.54, 1.807) is 0 Å². The zero-order valence-electron chi connectivity index (χ0n) is 16.8. The second-order valence-electron chi connectivity index (χ2n) is 8.12. The van der Waals surface area contributed by atoms with Crippen molar-refractivity contribution in [3.05, 3.63) is 23.8 Å². The van der Waals surface area contributed by atoms with Gasteiger partial charge in [-0.25, -0.2) is 0 Å². The van der Waals surface area contributed by atoms with Gasteiger partial charge in [-0.3, -0.25) is 19.3 Å². The molecule has 2 heterocycles. The second kappa shape index (κ2) is 8.43. The lowest BCUT2D eigenvalue weighted by Gasteiger charge is -2.19. The number of benzene rings is 1. The summed E-state index contributed by atoms with van der Waals surface area (Å²) in [5, 5.41) is 2.95. The van der Waals surface area contributed by atoms with Gasteiger partial charge in [0.15, 0.2) is 11.5 Å². The Morgan fingerprint density at radius 2 is 1.72 bits per heavy atom. The molecular formula is C22H28N2O5. The molecule has 0 bridgehead atoms. The van der Waals surface area contributed by atoms with E-state index in [1.165, 1.54) is 4.90 Å². The summed E-state index contributed by atoms with van der Waals surface area (Å²) in [4.78, 5) is 38.8. The van der Waals surface area contributed by atoms with Crippen LogP contribution >= 0.6 is 0 Å². The van der Waals surface area contributed by atoms with E-state index in [0.717, 1.165) is 43.4 Å². The lowest BCUT2D eigenvalue weighted by molar-refractivity contribution is -0.140. The third-order valence-electron chi connectivity index (χ3n) is 6.14. The third kappa shape index (κ3) is 4.09. The largest absolute Gasteiger partial charge is 0.490 e. The molecule has 1 saturated heterocycles. The molecule has 3 amide bonds. The summed E-state index contributed by atoms with van der Waals surface area (Å²) < 4.78 is 11.3. The highest BCUT2D eigenvalue weighted by molar-refractivity contribution is 6.05. The van der Waals surface area contributed by atoms with Crippen LogP contribution in [-0.4, -0.2) is 42.4 Å². The molecule has 1 N–H and O–H groups in total. The molecular weight excluding hydrogens is 372 g/mol. The van der Waals surface area contributed by atoms with Gasteiger partial charge in [-0.15, -0.1) is 0 Å². The number of fused-ring (bicyclic) bond motifs is 2. The molecule has 1 aliphatic carbocycles. The van der Waals surface area contributed by atoms with Crippen molar-refractivity contribution >= 4 is 17.7 Å². The van der Waals surface area contributed by atoms with Crippen LogP contribution in [0.25, 0.3) is 0 Å². The topological polar surface area (TPSA) is 84.9 Å². The molecule has 1 aromatic rings. The minimum Gasteiger partial charge on any atom is -0.490 e. The molecule has 3 aliphatic rings. The van der Waals surface area contributed by atoms with Crippen LogP contribution in [0.3, 0.4) is 0 Å². The first-order valence-electron chi connectivity index (χ1n) is 10.6. The molecule has 7 nitrogen and oxygen atoms in total. The number of nitrogens with one attached hydrogen (secondary N) is 1. The molecule has 1 aromatic carbocycles. The van der Waals surface area contributed by atoms with Crippen molar-refractivity contribution in [2.24, 2.45) is 11.8 Å². The number of carbonyl (C=O) groups is 3.